The zero-order chi connectivity index (χ0) is 29.7. The number of benzene rings is 3. The molecule has 1 N–H and O–H groups in total. The SMILES string of the molecule is CCC(C(=O)O)(c1nc2cc(Cl)ccc2c(=O)n1Cc1ccccc1)N(CCCN(C)C)C(=O)c1cccc(Br)c1. The molecule has 8 nitrogen and oxygen atoms in total. The summed E-state index contributed by atoms with van der Waals surface area (Å²) >= 11 is 9.69. The van der Waals surface area contributed by atoms with Gasteiger partial charge in [0.25, 0.3) is 11.5 Å². The van der Waals surface area contributed by atoms with Gasteiger partial charge in [0.2, 0.25) is 0 Å². The number of carbonyl (C=O) groups is 2. The molecule has 0 aliphatic heterocycles. The molecule has 1 heterocycles. The summed E-state index contributed by atoms with van der Waals surface area (Å²) in [4.78, 5) is 49.9. The van der Waals surface area contributed by atoms with Crippen LogP contribution in [-0.4, -0.2) is 63.5 Å². The van der Waals surface area contributed by atoms with Crippen LogP contribution < -0.4 is 5.56 Å². The maximum absolute atomic E-state index is 14.2. The zero-order valence-corrected chi connectivity index (χ0v) is 25.5. The lowest BCUT2D eigenvalue weighted by Crippen LogP contribution is -2.57. The number of hydrogen-bond donors (Lipinski definition) is 1. The fourth-order valence-corrected chi connectivity index (χ4v) is 5.61. The molecule has 1 aromatic heterocycles. The van der Waals surface area contributed by atoms with E-state index in [9.17, 15) is 19.5 Å². The van der Waals surface area contributed by atoms with E-state index >= 15 is 0 Å². The van der Waals surface area contributed by atoms with Crippen molar-refractivity contribution in [1.29, 1.82) is 0 Å². The van der Waals surface area contributed by atoms with Crippen LogP contribution in [0.5, 0.6) is 0 Å². The Hall–Kier alpha value is -3.53. The van der Waals surface area contributed by atoms with Crippen molar-refractivity contribution >= 4 is 50.3 Å². The fraction of sp³-hybridized carbons (Fsp3) is 0.290. The monoisotopic (exact) mass is 638 g/mol. The number of nitrogens with zero attached hydrogens (tertiary/aromatic N) is 4. The third-order valence-corrected chi connectivity index (χ3v) is 7.83. The van der Waals surface area contributed by atoms with Gasteiger partial charge in [-0.25, -0.2) is 9.78 Å². The molecule has 0 aliphatic rings. The van der Waals surface area contributed by atoms with Gasteiger partial charge in [-0.05, 0) is 75.4 Å². The lowest BCUT2D eigenvalue weighted by atomic mass is 9.90. The number of halogens is 2. The van der Waals surface area contributed by atoms with Crippen LogP contribution >= 0.6 is 27.5 Å². The van der Waals surface area contributed by atoms with E-state index in [-0.39, 0.29) is 30.9 Å². The Labute approximate surface area is 252 Å². The highest BCUT2D eigenvalue weighted by atomic mass is 79.9. The van der Waals surface area contributed by atoms with Crippen LogP contribution in [0.2, 0.25) is 5.02 Å². The van der Waals surface area contributed by atoms with Gasteiger partial charge >= 0.3 is 5.97 Å². The number of aliphatic carboxylic acids is 1. The van der Waals surface area contributed by atoms with Crippen molar-refractivity contribution in [2.45, 2.75) is 31.8 Å². The highest BCUT2D eigenvalue weighted by molar-refractivity contribution is 9.10. The Morgan fingerprint density at radius 2 is 1.76 bits per heavy atom. The molecule has 41 heavy (non-hydrogen) atoms. The number of fused-ring (bicyclic) bond motifs is 1. The summed E-state index contributed by atoms with van der Waals surface area (Å²) in [5.41, 5.74) is -0.990. The van der Waals surface area contributed by atoms with Gasteiger partial charge in [-0.3, -0.25) is 14.2 Å². The number of rotatable bonds is 11. The molecule has 1 amide bonds. The first kappa shape index (κ1) is 30.4. The maximum Gasteiger partial charge on any atom is 0.337 e. The third-order valence-electron chi connectivity index (χ3n) is 7.10. The molecule has 0 spiro atoms. The first-order valence-corrected chi connectivity index (χ1v) is 14.5. The summed E-state index contributed by atoms with van der Waals surface area (Å²) in [6, 6.07) is 20.9. The predicted octanol–water partition coefficient (Wildman–Crippen LogP) is 5.64. The van der Waals surface area contributed by atoms with E-state index in [4.69, 9.17) is 16.6 Å². The van der Waals surface area contributed by atoms with Crippen molar-refractivity contribution in [2.75, 3.05) is 27.2 Å². The lowest BCUT2D eigenvalue weighted by molar-refractivity contribution is -0.152. The Kier molecular flexibility index (Phi) is 9.63. The molecule has 1 atom stereocenters. The van der Waals surface area contributed by atoms with Crippen molar-refractivity contribution in [3.8, 4) is 0 Å². The van der Waals surface area contributed by atoms with Gasteiger partial charge in [-0.1, -0.05) is 70.9 Å². The van der Waals surface area contributed by atoms with Crippen LogP contribution in [-0.2, 0) is 16.9 Å². The molecule has 10 heteroatoms. The molecular formula is C31H32BrClN4O4. The van der Waals surface area contributed by atoms with E-state index in [0.29, 0.717) is 33.4 Å². The summed E-state index contributed by atoms with van der Waals surface area (Å²) in [5.74, 6) is -1.77. The smallest absolute Gasteiger partial charge is 0.337 e. The second-order valence-corrected chi connectivity index (χ2v) is 11.5. The Bertz CT molecular complexity index is 1630. The summed E-state index contributed by atoms with van der Waals surface area (Å²) in [5, 5.41) is 11.7. The molecule has 0 saturated carbocycles. The second-order valence-electron chi connectivity index (χ2n) is 10.1. The van der Waals surface area contributed by atoms with Crippen molar-refractivity contribution < 1.29 is 14.7 Å². The summed E-state index contributed by atoms with van der Waals surface area (Å²) in [6.07, 6.45) is 0.474. The van der Waals surface area contributed by atoms with Crippen LogP contribution in [0, 0.1) is 0 Å². The van der Waals surface area contributed by atoms with Gasteiger partial charge in [0.05, 0.1) is 17.4 Å². The van der Waals surface area contributed by atoms with Gasteiger partial charge in [0, 0.05) is 21.6 Å². The van der Waals surface area contributed by atoms with Gasteiger partial charge < -0.3 is 14.9 Å². The molecule has 0 bridgehead atoms. The fourth-order valence-electron chi connectivity index (χ4n) is 5.04. The maximum atomic E-state index is 14.2. The molecular weight excluding hydrogens is 608 g/mol. The minimum absolute atomic E-state index is 0.0238. The van der Waals surface area contributed by atoms with E-state index in [1.165, 1.54) is 9.47 Å². The number of carbonyl (C=O) groups excluding carboxylic acids is 1. The zero-order valence-electron chi connectivity index (χ0n) is 23.2. The van der Waals surface area contributed by atoms with Crippen LogP contribution in [0.15, 0.2) is 82.1 Å². The Balaban J connectivity index is 2.03. The summed E-state index contributed by atoms with van der Waals surface area (Å²) in [7, 11) is 3.83. The molecule has 4 aromatic rings. The highest BCUT2D eigenvalue weighted by Gasteiger charge is 2.50. The molecule has 1 unspecified atom stereocenters. The summed E-state index contributed by atoms with van der Waals surface area (Å²) < 4.78 is 2.07. The van der Waals surface area contributed by atoms with E-state index in [2.05, 4.69) is 15.9 Å². The predicted molar refractivity (Wildman–Crippen MR) is 165 cm³/mol. The van der Waals surface area contributed by atoms with Crippen molar-refractivity contribution in [3.63, 3.8) is 0 Å². The van der Waals surface area contributed by atoms with Gasteiger partial charge in [0.15, 0.2) is 5.54 Å². The van der Waals surface area contributed by atoms with E-state index in [1.54, 1.807) is 49.4 Å². The summed E-state index contributed by atoms with van der Waals surface area (Å²) in [6.45, 7) is 2.52. The first-order chi connectivity index (χ1) is 19.6. The van der Waals surface area contributed by atoms with Crippen molar-refractivity contribution in [2.24, 2.45) is 0 Å². The Morgan fingerprint density at radius 1 is 1.02 bits per heavy atom. The van der Waals surface area contributed by atoms with Gasteiger partial charge in [-0.2, -0.15) is 0 Å². The average Bonchev–Trinajstić information content (AvgIpc) is 2.94. The standard InChI is InChI=1S/C31H32BrClN4O4/c1-4-31(30(40)41,37(17-9-16-35(2)3)27(38)22-12-8-13-23(32)18-22)29-34-26-19-24(33)14-15-25(26)28(39)36(29)20-21-10-6-5-7-11-21/h5-8,10-15,18-19H,4,9,16-17,20H2,1-3H3,(H,40,41). The molecule has 0 aliphatic carbocycles. The molecule has 0 fully saturated rings. The van der Waals surface area contributed by atoms with Gasteiger partial charge in [0.1, 0.15) is 5.82 Å². The number of hydrogen-bond acceptors (Lipinski definition) is 5. The number of carboxylic acids is 1. The highest BCUT2D eigenvalue weighted by Crippen LogP contribution is 2.35. The van der Waals surface area contributed by atoms with Crippen LogP contribution in [0.25, 0.3) is 10.9 Å². The number of amides is 1. The van der Waals surface area contributed by atoms with E-state index in [1.807, 2.05) is 49.3 Å². The number of carboxylic acid groups (broad SMARTS) is 1. The normalized spacial score (nSPS) is 12.8. The van der Waals surface area contributed by atoms with E-state index in [0.717, 1.165) is 5.56 Å². The molecule has 0 saturated heterocycles. The van der Waals surface area contributed by atoms with Gasteiger partial charge in [-0.15, -0.1) is 0 Å². The topological polar surface area (TPSA) is 95.7 Å². The van der Waals surface area contributed by atoms with Crippen LogP contribution in [0.1, 0.15) is 41.5 Å². The minimum Gasteiger partial charge on any atom is -0.479 e. The second kappa shape index (κ2) is 13.0. The molecule has 0 radical (unpaired) electrons. The minimum atomic E-state index is -1.96. The van der Waals surface area contributed by atoms with Crippen LogP contribution in [0.4, 0.5) is 0 Å². The van der Waals surface area contributed by atoms with Crippen LogP contribution in [0.3, 0.4) is 0 Å². The number of aromatic nitrogens is 2. The first-order valence-electron chi connectivity index (χ1n) is 13.3. The lowest BCUT2D eigenvalue weighted by Gasteiger charge is -2.41. The van der Waals surface area contributed by atoms with E-state index < -0.39 is 23.0 Å². The molecule has 214 valence electrons. The largest absolute Gasteiger partial charge is 0.479 e. The molecule has 4 rings (SSSR count). The third kappa shape index (κ3) is 6.37. The van der Waals surface area contributed by atoms with Crippen molar-refractivity contribution in [3.05, 3.63) is 110 Å². The quantitative estimate of drug-likeness (QED) is 0.228. The Morgan fingerprint density at radius 3 is 2.39 bits per heavy atom. The average molecular weight is 640 g/mol. The molecule has 3 aromatic carbocycles. The van der Waals surface area contributed by atoms with Crippen molar-refractivity contribution in [1.82, 2.24) is 19.4 Å².